The van der Waals surface area contributed by atoms with E-state index < -0.39 is 0 Å². The summed E-state index contributed by atoms with van der Waals surface area (Å²) in [6, 6.07) is 6.11. The first-order chi connectivity index (χ1) is 13.4. The van der Waals surface area contributed by atoms with Crippen LogP contribution in [0.3, 0.4) is 0 Å². The average molecular weight is 390 g/mol. The van der Waals surface area contributed by atoms with Crippen molar-refractivity contribution in [3.05, 3.63) is 23.8 Å². The molecule has 1 atom stereocenters. The third-order valence-electron chi connectivity index (χ3n) is 5.75. The summed E-state index contributed by atoms with van der Waals surface area (Å²) in [5.41, 5.74) is 0.948. The Hall–Kier alpha value is -1.95. The van der Waals surface area contributed by atoms with Gasteiger partial charge in [0, 0.05) is 31.6 Å². The van der Waals surface area contributed by atoms with E-state index >= 15 is 0 Å². The van der Waals surface area contributed by atoms with Gasteiger partial charge in [-0.2, -0.15) is 0 Å². The number of carbonyl (C=O) groups is 1. The Kier molecular flexibility index (Phi) is 6.70. The largest absolute Gasteiger partial charge is 0.486 e. The van der Waals surface area contributed by atoms with Gasteiger partial charge in [-0.15, -0.1) is 0 Å². The molecule has 0 aromatic heterocycles. The zero-order chi connectivity index (χ0) is 20.1. The van der Waals surface area contributed by atoms with E-state index in [1.807, 2.05) is 17.0 Å². The number of hydrogen-bond donors (Lipinski definition) is 1. The SMILES string of the molecule is CCCN(C)CC1CCN(C(=O)NCC(C)(C)c2ccc3c(c2)OCCO3)C1. The Morgan fingerprint density at radius 2 is 2.04 bits per heavy atom. The molecule has 1 unspecified atom stereocenters. The minimum Gasteiger partial charge on any atom is -0.486 e. The van der Waals surface area contributed by atoms with E-state index in [0.717, 1.165) is 49.7 Å². The number of carbonyl (C=O) groups excluding carboxylic acids is 1. The summed E-state index contributed by atoms with van der Waals surface area (Å²) >= 11 is 0. The lowest BCUT2D eigenvalue weighted by atomic mass is 9.84. The topological polar surface area (TPSA) is 54.0 Å². The van der Waals surface area contributed by atoms with Crippen LogP contribution in [0.2, 0.25) is 0 Å². The van der Waals surface area contributed by atoms with E-state index in [1.165, 1.54) is 6.42 Å². The highest BCUT2D eigenvalue weighted by Crippen LogP contribution is 2.35. The first-order valence-corrected chi connectivity index (χ1v) is 10.5. The molecule has 6 nitrogen and oxygen atoms in total. The van der Waals surface area contributed by atoms with Gasteiger partial charge in [-0.1, -0.05) is 26.8 Å². The Morgan fingerprint density at radius 3 is 2.79 bits per heavy atom. The number of benzene rings is 1. The molecule has 0 aliphatic carbocycles. The second-order valence-electron chi connectivity index (χ2n) is 8.76. The lowest BCUT2D eigenvalue weighted by Crippen LogP contribution is -2.44. The van der Waals surface area contributed by atoms with Crippen LogP contribution in [0, 0.1) is 5.92 Å². The summed E-state index contributed by atoms with van der Waals surface area (Å²) in [5.74, 6) is 2.17. The van der Waals surface area contributed by atoms with Crippen LogP contribution in [0.15, 0.2) is 18.2 Å². The Bertz CT molecular complexity index is 677. The van der Waals surface area contributed by atoms with Gasteiger partial charge in [-0.3, -0.25) is 0 Å². The third-order valence-corrected chi connectivity index (χ3v) is 5.75. The molecule has 1 aromatic rings. The number of likely N-dealkylation sites (tertiary alicyclic amines) is 1. The summed E-state index contributed by atoms with van der Waals surface area (Å²) in [7, 11) is 2.17. The van der Waals surface area contributed by atoms with Gasteiger partial charge in [-0.05, 0) is 50.0 Å². The molecule has 2 amide bonds. The van der Waals surface area contributed by atoms with Crippen LogP contribution in [0.4, 0.5) is 4.79 Å². The van der Waals surface area contributed by atoms with Crippen molar-refractivity contribution < 1.29 is 14.3 Å². The van der Waals surface area contributed by atoms with Crippen molar-refractivity contribution in [2.45, 2.75) is 39.0 Å². The zero-order valence-corrected chi connectivity index (χ0v) is 17.8. The fourth-order valence-electron chi connectivity index (χ4n) is 4.05. The molecule has 0 spiro atoms. The molecule has 2 heterocycles. The molecule has 2 aliphatic heterocycles. The van der Waals surface area contributed by atoms with Crippen molar-refractivity contribution in [3.8, 4) is 11.5 Å². The van der Waals surface area contributed by atoms with Gasteiger partial charge >= 0.3 is 6.03 Å². The lowest BCUT2D eigenvalue weighted by Gasteiger charge is -2.29. The van der Waals surface area contributed by atoms with Crippen molar-refractivity contribution in [3.63, 3.8) is 0 Å². The highest BCUT2D eigenvalue weighted by molar-refractivity contribution is 5.74. The second kappa shape index (κ2) is 9.03. The number of nitrogens with zero attached hydrogens (tertiary/aromatic N) is 2. The van der Waals surface area contributed by atoms with Gasteiger partial charge in [0.15, 0.2) is 11.5 Å². The van der Waals surface area contributed by atoms with E-state index in [9.17, 15) is 4.79 Å². The second-order valence-corrected chi connectivity index (χ2v) is 8.76. The van der Waals surface area contributed by atoms with E-state index in [-0.39, 0.29) is 11.4 Å². The average Bonchev–Trinajstić information content (AvgIpc) is 3.14. The van der Waals surface area contributed by atoms with Crippen molar-refractivity contribution in [1.29, 1.82) is 0 Å². The van der Waals surface area contributed by atoms with Crippen LogP contribution < -0.4 is 14.8 Å². The summed E-state index contributed by atoms with van der Waals surface area (Å²) in [5, 5.41) is 3.14. The number of urea groups is 1. The molecular weight excluding hydrogens is 354 g/mol. The van der Waals surface area contributed by atoms with Crippen molar-refractivity contribution in [1.82, 2.24) is 15.1 Å². The molecule has 1 saturated heterocycles. The summed E-state index contributed by atoms with van der Waals surface area (Å²) in [4.78, 5) is 17.0. The predicted molar refractivity (Wildman–Crippen MR) is 111 cm³/mol. The normalized spacial score (nSPS) is 19.2. The first kappa shape index (κ1) is 20.8. The van der Waals surface area contributed by atoms with Crippen molar-refractivity contribution >= 4 is 6.03 Å². The maximum atomic E-state index is 12.7. The lowest BCUT2D eigenvalue weighted by molar-refractivity contribution is 0.171. The Morgan fingerprint density at radius 1 is 1.29 bits per heavy atom. The number of amides is 2. The number of nitrogens with one attached hydrogen (secondary N) is 1. The van der Waals surface area contributed by atoms with Gasteiger partial charge in [0.25, 0.3) is 0 Å². The molecule has 2 aliphatic rings. The molecule has 6 heteroatoms. The third kappa shape index (κ3) is 5.10. The number of ether oxygens (including phenoxy) is 2. The van der Waals surface area contributed by atoms with Gasteiger partial charge in [0.1, 0.15) is 13.2 Å². The number of fused-ring (bicyclic) bond motifs is 1. The molecule has 1 fully saturated rings. The standard InChI is InChI=1S/C22H35N3O3/c1-5-9-24(4)14-17-8-10-25(15-17)21(26)23-16-22(2,3)18-6-7-19-20(13-18)28-12-11-27-19/h6-7,13,17H,5,8-12,14-16H2,1-4H3,(H,23,26). The maximum absolute atomic E-state index is 12.7. The van der Waals surface area contributed by atoms with Crippen LogP contribution in [0.1, 0.15) is 39.2 Å². The molecule has 1 aromatic carbocycles. The quantitative estimate of drug-likeness (QED) is 0.779. The zero-order valence-electron chi connectivity index (χ0n) is 17.8. The fraction of sp³-hybridized carbons (Fsp3) is 0.682. The van der Waals surface area contributed by atoms with Crippen molar-refractivity contribution in [2.75, 3.05) is 53.0 Å². The summed E-state index contributed by atoms with van der Waals surface area (Å²) < 4.78 is 11.3. The number of rotatable bonds is 7. The smallest absolute Gasteiger partial charge is 0.317 e. The van der Waals surface area contributed by atoms with Crippen LogP contribution >= 0.6 is 0 Å². The maximum Gasteiger partial charge on any atom is 0.317 e. The number of hydrogen-bond acceptors (Lipinski definition) is 4. The molecule has 1 N–H and O–H groups in total. The van der Waals surface area contributed by atoms with Crippen LogP contribution in [-0.4, -0.2) is 68.8 Å². The molecule has 0 bridgehead atoms. The Labute approximate surface area is 169 Å². The predicted octanol–water partition coefficient (Wildman–Crippen LogP) is 3.11. The first-order valence-electron chi connectivity index (χ1n) is 10.5. The van der Waals surface area contributed by atoms with Crippen LogP contribution in [0.5, 0.6) is 11.5 Å². The minimum atomic E-state index is -0.189. The van der Waals surface area contributed by atoms with Gasteiger partial charge < -0.3 is 24.6 Å². The van der Waals surface area contributed by atoms with Crippen molar-refractivity contribution in [2.24, 2.45) is 5.92 Å². The minimum absolute atomic E-state index is 0.0475. The fourth-order valence-corrected chi connectivity index (χ4v) is 4.05. The highest BCUT2D eigenvalue weighted by atomic mass is 16.6. The van der Waals surface area contributed by atoms with E-state index in [4.69, 9.17) is 9.47 Å². The van der Waals surface area contributed by atoms with Crippen LogP contribution in [-0.2, 0) is 5.41 Å². The molecule has 0 radical (unpaired) electrons. The van der Waals surface area contributed by atoms with E-state index in [1.54, 1.807) is 0 Å². The molecule has 28 heavy (non-hydrogen) atoms. The molecule has 156 valence electrons. The summed E-state index contributed by atoms with van der Waals surface area (Å²) in [6.07, 6.45) is 2.26. The van der Waals surface area contributed by atoms with E-state index in [0.29, 0.717) is 25.7 Å². The molecule has 0 saturated carbocycles. The molecular formula is C22H35N3O3. The van der Waals surface area contributed by atoms with Gasteiger partial charge in [-0.25, -0.2) is 4.79 Å². The summed E-state index contributed by atoms with van der Waals surface area (Å²) in [6.45, 7) is 12.1. The molecule has 3 rings (SSSR count). The Balaban J connectivity index is 1.51. The van der Waals surface area contributed by atoms with E-state index in [2.05, 4.69) is 44.1 Å². The van der Waals surface area contributed by atoms with Gasteiger partial charge in [0.05, 0.1) is 0 Å². The van der Waals surface area contributed by atoms with Gasteiger partial charge in [0.2, 0.25) is 0 Å². The van der Waals surface area contributed by atoms with Crippen LogP contribution in [0.25, 0.3) is 0 Å². The highest BCUT2D eigenvalue weighted by Gasteiger charge is 2.29. The monoisotopic (exact) mass is 389 g/mol.